The van der Waals surface area contributed by atoms with Gasteiger partial charge in [-0.15, -0.1) is 0 Å². The number of carbonyl (C=O) groups excluding carboxylic acids is 1. The highest BCUT2D eigenvalue weighted by atomic mass is 32.2. The van der Waals surface area contributed by atoms with Gasteiger partial charge in [0.2, 0.25) is 5.91 Å². The van der Waals surface area contributed by atoms with Crippen molar-refractivity contribution >= 4 is 56.9 Å². The molecule has 4 aromatic rings. The van der Waals surface area contributed by atoms with Crippen LogP contribution in [0.1, 0.15) is 0 Å². The number of hydrogen-bond donors (Lipinski definition) is 2. The van der Waals surface area contributed by atoms with Crippen LogP contribution in [0.4, 0.5) is 33.1 Å². The molecule has 0 aliphatic carbocycles. The summed E-state index contributed by atoms with van der Waals surface area (Å²) in [6, 6.07) is 19.0. The Morgan fingerprint density at radius 1 is 0.971 bits per heavy atom. The Labute approximate surface area is 204 Å². The third kappa shape index (κ3) is 5.96. The molecule has 1 atom stereocenters. The Morgan fingerprint density at radius 2 is 1.66 bits per heavy atom. The molecule has 1 amide bonds. The van der Waals surface area contributed by atoms with Gasteiger partial charge in [0.15, 0.2) is 11.6 Å². The summed E-state index contributed by atoms with van der Waals surface area (Å²) in [6.45, 7) is 0.170. The summed E-state index contributed by atoms with van der Waals surface area (Å²) >= 11 is -2.79. The topological polar surface area (TPSA) is 114 Å². The van der Waals surface area contributed by atoms with Gasteiger partial charge in [0, 0.05) is 11.4 Å². The summed E-state index contributed by atoms with van der Waals surface area (Å²) in [5.74, 6) is -0.485. The number of para-hydroxylation sites is 2. The van der Waals surface area contributed by atoms with Crippen molar-refractivity contribution in [1.82, 2.24) is 14.9 Å². The Kier molecular flexibility index (Phi) is 7.30. The summed E-state index contributed by atoms with van der Waals surface area (Å²) in [6.07, 6.45) is 0. The molecule has 11 heteroatoms. The van der Waals surface area contributed by atoms with E-state index in [4.69, 9.17) is 0 Å². The SMILES string of the molecule is CN(C)CC(=O)Nc1cccc(N(c2nc3ccccc3nc2Nc2ccc(F)cc2)S(=O)[O-])c1. The molecule has 0 aliphatic rings. The zero-order valence-electron chi connectivity index (χ0n) is 18.9. The number of halogens is 1. The first-order valence-electron chi connectivity index (χ1n) is 10.5. The van der Waals surface area contributed by atoms with E-state index in [1.165, 1.54) is 30.3 Å². The van der Waals surface area contributed by atoms with Gasteiger partial charge in [-0.2, -0.15) is 0 Å². The molecule has 2 N–H and O–H groups in total. The van der Waals surface area contributed by atoms with Crippen molar-refractivity contribution < 1.29 is 17.9 Å². The summed E-state index contributed by atoms with van der Waals surface area (Å²) in [5, 5.41) is 5.79. The molecule has 9 nitrogen and oxygen atoms in total. The second-order valence-electron chi connectivity index (χ2n) is 7.86. The van der Waals surface area contributed by atoms with Crippen molar-refractivity contribution in [2.45, 2.75) is 0 Å². The lowest BCUT2D eigenvalue weighted by Crippen LogP contribution is -2.27. The van der Waals surface area contributed by atoms with Gasteiger partial charge in [-0.05, 0) is 68.7 Å². The first-order chi connectivity index (χ1) is 16.8. The monoisotopic (exact) mass is 493 g/mol. The maximum absolute atomic E-state index is 13.4. The normalized spacial score (nSPS) is 11.9. The lowest BCUT2D eigenvalue weighted by molar-refractivity contribution is -0.116. The van der Waals surface area contributed by atoms with E-state index < -0.39 is 17.1 Å². The number of benzene rings is 3. The molecule has 0 bridgehead atoms. The minimum Gasteiger partial charge on any atom is -0.755 e. The molecule has 4 rings (SSSR count). The van der Waals surface area contributed by atoms with Crippen molar-refractivity contribution in [2.24, 2.45) is 0 Å². The van der Waals surface area contributed by atoms with E-state index in [0.29, 0.717) is 22.4 Å². The van der Waals surface area contributed by atoms with Crippen LogP contribution in [0, 0.1) is 5.82 Å². The average Bonchev–Trinajstić information content (AvgIpc) is 2.80. The van der Waals surface area contributed by atoms with Crippen molar-refractivity contribution in [3.8, 4) is 0 Å². The minimum absolute atomic E-state index is 0.0122. The number of anilines is 5. The maximum atomic E-state index is 13.4. The minimum atomic E-state index is -2.79. The number of amides is 1. The highest BCUT2D eigenvalue weighted by molar-refractivity contribution is 7.81. The second kappa shape index (κ2) is 10.6. The van der Waals surface area contributed by atoms with E-state index in [0.717, 1.165) is 4.31 Å². The van der Waals surface area contributed by atoms with Crippen LogP contribution in [0.3, 0.4) is 0 Å². The Hall–Kier alpha value is -3.93. The zero-order chi connectivity index (χ0) is 24.9. The molecule has 0 fully saturated rings. The molecule has 0 aliphatic heterocycles. The number of rotatable bonds is 8. The fraction of sp³-hybridized carbons (Fsp3) is 0.125. The van der Waals surface area contributed by atoms with Gasteiger partial charge in [-0.1, -0.05) is 18.2 Å². The standard InChI is InChI=1S/C24H23FN6O3S/c1-30(2)15-22(32)26-18-6-5-7-19(14-18)31(35(33)34)24-23(27-17-12-10-16(25)11-13-17)28-20-8-3-4-9-21(20)29-24/h3-14H,15H2,1-2H3,(H,26,32)(H,27,28)(H,33,34)/p-1. The first-order valence-corrected chi connectivity index (χ1v) is 11.6. The number of carbonyl (C=O) groups is 1. The van der Waals surface area contributed by atoms with Gasteiger partial charge in [0.1, 0.15) is 5.82 Å². The number of hydrogen-bond acceptors (Lipinski definition) is 7. The summed E-state index contributed by atoms with van der Waals surface area (Å²) < 4.78 is 39.3. The highest BCUT2D eigenvalue weighted by Crippen LogP contribution is 2.34. The molecular formula is C24H22FN6O3S-. The molecule has 0 spiro atoms. The molecule has 3 aromatic carbocycles. The van der Waals surface area contributed by atoms with E-state index in [9.17, 15) is 17.9 Å². The van der Waals surface area contributed by atoms with Crippen LogP contribution < -0.4 is 14.9 Å². The van der Waals surface area contributed by atoms with Gasteiger partial charge < -0.3 is 20.1 Å². The van der Waals surface area contributed by atoms with Crippen molar-refractivity contribution in [3.05, 3.63) is 78.6 Å². The van der Waals surface area contributed by atoms with Crippen LogP contribution in [0.15, 0.2) is 72.8 Å². The average molecular weight is 494 g/mol. The quantitative estimate of drug-likeness (QED) is 0.357. The lowest BCUT2D eigenvalue weighted by Gasteiger charge is -2.27. The van der Waals surface area contributed by atoms with Crippen LogP contribution in [0.25, 0.3) is 11.0 Å². The van der Waals surface area contributed by atoms with Gasteiger partial charge in [0.05, 0.1) is 34.5 Å². The molecule has 35 heavy (non-hydrogen) atoms. The smallest absolute Gasteiger partial charge is 0.238 e. The largest absolute Gasteiger partial charge is 0.755 e. The van der Waals surface area contributed by atoms with Crippen LogP contribution >= 0.6 is 0 Å². The van der Waals surface area contributed by atoms with E-state index in [1.807, 2.05) is 0 Å². The molecular weight excluding hydrogens is 471 g/mol. The summed E-state index contributed by atoms with van der Waals surface area (Å²) in [4.78, 5) is 23.0. The molecule has 180 valence electrons. The van der Waals surface area contributed by atoms with Crippen molar-refractivity contribution in [1.29, 1.82) is 0 Å². The van der Waals surface area contributed by atoms with Gasteiger partial charge in [-0.25, -0.2) is 14.4 Å². The maximum Gasteiger partial charge on any atom is 0.238 e. The molecule has 0 radical (unpaired) electrons. The summed E-state index contributed by atoms with van der Waals surface area (Å²) in [7, 11) is 3.54. The Balaban J connectivity index is 1.78. The lowest BCUT2D eigenvalue weighted by atomic mass is 10.2. The van der Waals surface area contributed by atoms with E-state index in [-0.39, 0.29) is 29.8 Å². The van der Waals surface area contributed by atoms with Crippen molar-refractivity contribution in [2.75, 3.05) is 35.6 Å². The van der Waals surface area contributed by atoms with Gasteiger partial charge >= 0.3 is 0 Å². The third-order valence-electron chi connectivity index (χ3n) is 4.82. The molecule has 0 saturated heterocycles. The third-order valence-corrected chi connectivity index (χ3v) is 5.51. The van der Waals surface area contributed by atoms with Crippen LogP contribution in [-0.4, -0.2) is 50.2 Å². The zero-order valence-corrected chi connectivity index (χ0v) is 19.8. The number of nitrogens with one attached hydrogen (secondary N) is 2. The first kappa shape index (κ1) is 24.2. The predicted molar refractivity (Wildman–Crippen MR) is 134 cm³/mol. The fourth-order valence-corrected chi connectivity index (χ4v) is 3.92. The fourth-order valence-electron chi connectivity index (χ4n) is 3.36. The second-order valence-corrected chi connectivity index (χ2v) is 8.66. The van der Waals surface area contributed by atoms with E-state index in [1.54, 1.807) is 61.5 Å². The summed E-state index contributed by atoms with van der Waals surface area (Å²) in [5.41, 5.74) is 2.19. The molecule has 1 aromatic heterocycles. The Bertz CT molecular complexity index is 1380. The van der Waals surface area contributed by atoms with E-state index >= 15 is 0 Å². The highest BCUT2D eigenvalue weighted by Gasteiger charge is 2.20. The van der Waals surface area contributed by atoms with Crippen LogP contribution in [0.2, 0.25) is 0 Å². The Morgan fingerprint density at radius 3 is 2.31 bits per heavy atom. The predicted octanol–water partition coefficient (Wildman–Crippen LogP) is 3.94. The van der Waals surface area contributed by atoms with Crippen molar-refractivity contribution in [3.63, 3.8) is 0 Å². The molecule has 1 heterocycles. The number of aromatic nitrogens is 2. The van der Waals surface area contributed by atoms with Gasteiger partial charge in [0.25, 0.3) is 0 Å². The molecule has 1 unspecified atom stereocenters. The molecule has 0 saturated carbocycles. The van der Waals surface area contributed by atoms with E-state index in [2.05, 4.69) is 20.6 Å². The number of nitrogens with zero attached hydrogens (tertiary/aromatic N) is 4. The van der Waals surface area contributed by atoms with Crippen LogP contribution in [-0.2, 0) is 16.1 Å². The van der Waals surface area contributed by atoms with Crippen LogP contribution in [0.5, 0.6) is 0 Å². The number of likely N-dealkylation sites (N-methyl/N-ethyl adjacent to an activating group) is 1. The number of fused-ring (bicyclic) bond motifs is 1. The van der Waals surface area contributed by atoms with Gasteiger partial charge in [-0.3, -0.25) is 13.3 Å².